The van der Waals surface area contributed by atoms with Crippen LogP contribution in [0.1, 0.15) is 45.4 Å². The number of rotatable bonds is 5. The van der Waals surface area contributed by atoms with E-state index in [1.807, 2.05) is 6.92 Å². The first-order chi connectivity index (χ1) is 6.79. The highest BCUT2D eigenvalue weighted by atomic mass is 16.5. The number of Topliss-reactive ketones (excluding diaryl/α,β-unsaturated/α-hetero) is 1. The van der Waals surface area contributed by atoms with Crippen molar-refractivity contribution in [3.63, 3.8) is 0 Å². The van der Waals surface area contributed by atoms with E-state index in [-0.39, 0.29) is 0 Å². The molecule has 0 N–H and O–H groups in total. The Labute approximate surface area is 87.0 Å². The Balaban J connectivity index is 2.45. The van der Waals surface area contributed by atoms with Gasteiger partial charge in [0.05, 0.1) is 0 Å². The Morgan fingerprint density at radius 2 is 2.07 bits per heavy atom. The average molecular weight is 198 g/mol. The molecule has 0 aromatic carbocycles. The van der Waals surface area contributed by atoms with Crippen LogP contribution in [0.5, 0.6) is 0 Å². The first-order valence-electron chi connectivity index (χ1n) is 5.81. The van der Waals surface area contributed by atoms with Gasteiger partial charge in [-0.15, -0.1) is 0 Å². The molecule has 0 aliphatic heterocycles. The quantitative estimate of drug-likeness (QED) is 0.679. The Hall–Kier alpha value is -0.370. The minimum absolute atomic E-state index is 0.337. The molecule has 1 aliphatic carbocycles. The topological polar surface area (TPSA) is 26.3 Å². The predicted octanol–water partition coefficient (Wildman–Crippen LogP) is 2.81. The Morgan fingerprint density at radius 3 is 2.71 bits per heavy atom. The van der Waals surface area contributed by atoms with E-state index in [9.17, 15) is 4.79 Å². The molecule has 1 fully saturated rings. The second-order valence-corrected chi connectivity index (χ2v) is 4.25. The maximum atomic E-state index is 11.7. The number of carbonyl (C=O) groups excluding carboxylic acids is 1. The summed E-state index contributed by atoms with van der Waals surface area (Å²) in [7, 11) is 1.74. The van der Waals surface area contributed by atoms with Crippen molar-refractivity contribution in [2.45, 2.75) is 45.4 Å². The van der Waals surface area contributed by atoms with Crippen LogP contribution in [0.15, 0.2) is 0 Å². The molecule has 0 saturated heterocycles. The van der Waals surface area contributed by atoms with Gasteiger partial charge in [0.25, 0.3) is 0 Å². The second kappa shape index (κ2) is 6.18. The van der Waals surface area contributed by atoms with E-state index in [0.29, 0.717) is 24.0 Å². The summed E-state index contributed by atoms with van der Waals surface area (Å²) in [4.78, 5) is 11.7. The van der Waals surface area contributed by atoms with Crippen molar-refractivity contribution in [3.05, 3.63) is 0 Å². The fourth-order valence-corrected chi connectivity index (χ4v) is 2.51. The zero-order chi connectivity index (χ0) is 10.4. The molecule has 1 rings (SSSR count). The molecular formula is C12H22O2. The first kappa shape index (κ1) is 11.7. The summed E-state index contributed by atoms with van der Waals surface area (Å²) < 4.78 is 5.09. The van der Waals surface area contributed by atoms with E-state index in [1.54, 1.807) is 7.11 Å². The monoisotopic (exact) mass is 198 g/mol. The lowest BCUT2D eigenvalue weighted by atomic mass is 9.75. The number of carbonyl (C=O) groups is 1. The summed E-state index contributed by atoms with van der Waals surface area (Å²) >= 11 is 0. The highest BCUT2D eigenvalue weighted by Crippen LogP contribution is 2.33. The molecule has 82 valence electrons. The fourth-order valence-electron chi connectivity index (χ4n) is 2.51. The van der Waals surface area contributed by atoms with Gasteiger partial charge in [0.1, 0.15) is 5.78 Å². The molecule has 0 heterocycles. The molecule has 0 amide bonds. The summed E-state index contributed by atoms with van der Waals surface area (Å²) in [6, 6.07) is 0. The third kappa shape index (κ3) is 3.09. The van der Waals surface area contributed by atoms with Crippen LogP contribution in [-0.4, -0.2) is 19.5 Å². The first-order valence-corrected chi connectivity index (χ1v) is 5.81. The van der Waals surface area contributed by atoms with Crippen molar-refractivity contribution in [2.75, 3.05) is 13.7 Å². The Bertz CT molecular complexity index is 177. The third-order valence-corrected chi connectivity index (χ3v) is 3.36. The van der Waals surface area contributed by atoms with Gasteiger partial charge in [-0.2, -0.15) is 0 Å². The highest BCUT2D eigenvalue weighted by Gasteiger charge is 2.28. The van der Waals surface area contributed by atoms with E-state index in [0.717, 1.165) is 19.4 Å². The smallest absolute Gasteiger partial charge is 0.135 e. The summed E-state index contributed by atoms with van der Waals surface area (Å²) in [6.45, 7) is 2.78. The summed E-state index contributed by atoms with van der Waals surface area (Å²) in [6.07, 6.45) is 6.63. The lowest BCUT2D eigenvalue weighted by molar-refractivity contribution is -0.125. The zero-order valence-corrected chi connectivity index (χ0v) is 9.42. The van der Waals surface area contributed by atoms with E-state index in [4.69, 9.17) is 4.74 Å². The van der Waals surface area contributed by atoms with E-state index >= 15 is 0 Å². The van der Waals surface area contributed by atoms with Gasteiger partial charge < -0.3 is 4.74 Å². The molecular weight excluding hydrogens is 176 g/mol. The molecule has 14 heavy (non-hydrogen) atoms. The van der Waals surface area contributed by atoms with Crippen molar-refractivity contribution < 1.29 is 9.53 Å². The van der Waals surface area contributed by atoms with Crippen LogP contribution in [0.2, 0.25) is 0 Å². The number of methoxy groups -OCH3 is 1. The lowest BCUT2D eigenvalue weighted by Gasteiger charge is -2.30. The minimum Gasteiger partial charge on any atom is -0.385 e. The van der Waals surface area contributed by atoms with Crippen molar-refractivity contribution in [2.24, 2.45) is 11.8 Å². The van der Waals surface area contributed by atoms with Crippen LogP contribution in [0, 0.1) is 11.8 Å². The Kier molecular flexibility index (Phi) is 5.16. The Morgan fingerprint density at radius 1 is 1.36 bits per heavy atom. The molecule has 0 spiro atoms. The number of ketones is 1. The van der Waals surface area contributed by atoms with Crippen LogP contribution in [0.4, 0.5) is 0 Å². The summed E-state index contributed by atoms with van der Waals surface area (Å²) in [5.41, 5.74) is 0. The van der Waals surface area contributed by atoms with Crippen LogP contribution >= 0.6 is 0 Å². The molecule has 0 radical (unpaired) electrons. The molecule has 1 aliphatic rings. The molecule has 2 unspecified atom stereocenters. The van der Waals surface area contributed by atoms with Gasteiger partial charge >= 0.3 is 0 Å². The summed E-state index contributed by atoms with van der Waals surface area (Å²) in [5.74, 6) is 1.39. The van der Waals surface area contributed by atoms with Crippen molar-refractivity contribution in [1.82, 2.24) is 0 Å². The lowest BCUT2D eigenvalue weighted by Crippen LogP contribution is -2.27. The second-order valence-electron chi connectivity index (χ2n) is 4.25. The van der Waals surface area contributed by atoms with Crippen molar-refractivity contribution >= 4 is 5.78 Å². The number of ether oxygens (including phenoxy) is 1. The third-order valence-electron chi connectivity index (χ3n) is 3.36. The van der Waals surface area contributed by atoms with Crippen LogP contribution in [-0.2, 0) is 9.53 Å². The molecule has 0 aromatic rings. The van der Waals surface area contributed by atoms with Crippen molar-refractivity contribution in [3.8, 4) is 0 Å². The molecule has 2 atom stereocenters. The maximum Gasteiger partial charge on any atom is 0.135 e. The van der Waals surface area contributed by atoms with Gasteiger partial charge in [0.15, 0.2) is 0 Å². The van der Waals surface area contributed by atoms with Gasteiger partial charge in [-0.1, -0.05) is 19.8 Å². The number of hydrogen-bond acceptors (Lipinski definition) is 2. The van der Waals surface area contributed by atoms with Gasteiger partial charge in [0, 0.05) is 26.1 Å². The molecule has 1 saturated carbocycles. The van der Waals surface area contributed by atoms with E-state index in [1.165, 1.54) is 19.3 Å². The molecule has 2 nitrogen and oxygen atoms in total. The molecule has 0 aromatic heterocycles. The van der Waals surface area contributed by atoms with Gasteiger partial charge in [-0.3, -0.25) is 4.79 Å². The van der Waals surface area contributed by atoms with Gasteiger partial charge in [-0.05, 0) is 25.2 Å². The maximum absolute atomic E-state index is 11.7. The van der Waals surface area contributed by atoms with Gasteiger partial charge in [-0.25, -0.2) is 0 Å². The molecule has 0 bridgehead atoms. The average Bonchev–Trinajstić information content (AvgIpc) is 2.25. The SMILES string of the molecule is CCC(=O)C1CCCCC1CCOC. The fraction of sp³-hybridized carbons (Fsp3) is 0.917. The molecule has 2 heteroatoms. The highest BCUT2D eigenvalue weighted by molar-refractivity contribution is 5.81. The van der Waals surface area contributed by atoms with E-state index < -0.39 is 0 Å². The largest absolute Gasteiger partial charge is 0.385 e. The van der Waals surface area contributed by atoms with Crippen LogP contribution < -0.4 is 0 Å². The van der Waals surface area contributed by atoms with E-state index in [2.05, 4.69) is 0 Å². The minimum atomic E-state index is 0.337. The predicted molar refractivity (Wildman–Crippen MR) is 57.2 cm³/mol. The zero-order valence-electron chi connectivity index (χ0n) is 9.42. The normalized spacial score (nSPS) is 27.6. The van der Waals surface area contributed by atoms with Crippen molar-refractivity contribution in [1.29, 1.82) is 0 Å². The number of hydrogen-bond donors (Lipinski definition) is 0. The van der Waals surface area contributed by atoms with Crippen LogP contribution in [0.3, 0.4) is 0 Å². The van der Waals surface area contributed by atoms with Gasteiger partial charge in [0.2, 0.25) is 0 Å². The summed E-state index contributed by atoms with van der Waals surface area (Å²) in [5, 5.41) is 0. The standard InChI is InChI=1S/C12H22O2/c1-3-12(13)11-7-5-4-6-10(11)8-9-14-2/h10-11H,3-9H2,1-2H3. The van der Waals surface area contributed by atoms with Crippen LogP contribution in [0.25, 0.3) is 0 Å².